The molecule has 1 rings (SSSR count). The molecular weight excluding hydrogens is 300 g/mol. The molecular formula is C11H10Cl3NO3. The second kappa shape index (κ2) is 6.83. The maximum absolute atomic E-state index is 11.7. The summed E-state index contributed by atoms with van der Waals surface area (Å²) < 4.78 is 3.13. The van der Waals surface area contributed by atoms with Crippen LogP contribution in [-0.2, 0) is 9.53 Å². The molecule has 98 valence electrons. The monoisotopic (exact) mass is 309 g/mol. The van der Waals surface area contributed by atoms with Gasteiger partial charge in [0.2, 0.25) is 3.79 Å². The lowest BCUT2D eigenvalue weighted by molar-refractivity contribution is -0.106. The molecule has 1 amide bonds. The van der Waals surface area contributed by atoms with E-state index in [9.17, 15) is 9.59 Å². The lowest BCUT2D eigenvalue weighted by Crippen LogP contribution is -2.34. The van der Waals surface area contributed by atoms with Gasteiger partial charge in [-0.05, 0) is 12.1 Å². The summed E-state index contributed by atoms with van der Waals surface area (Å²) in [6.07, 6.45) is -0.163. The highest BCUT2D eigenvalue weighted by Gasteiger charge is 2.24. The Kier molecular flexibility index (Phi) is 5.72. The molecule has 18 heavy (non-hydrogen) atoms. The summed E-state index contributed by atoms with van der Waals surface area (Å²) >= 11 is 16.4. The molecule has 7 heteroatoms. The molecule has 4 nitrogen and oxygen atoms in total. The number of nitrogens with zero attached hydrogens (tertiary/aromatic N) is 1. The molecule has 0 heterocycles. The van der Waals surface area contributed by atoms with Crippen LogP contribution < -0.4 is 4.90 Å². The van der Waals surface area contributed by atoms with E-state index in [2.05, 4.69) is 0 Å². The molecule has 0 N–H and O–H groups in total. The van der Waals surface area contributed by atoms with E-state index in [4.69, 9.17) is 39.5 Å². The Bertz CT molecular complexity index is 406. The first-order chi connectivity index (χ1) is 8.44. The predicted octanol–water partition coefficient (Wildman–Crippen LogP) is 3.20. The summed E-state index contributed by atoms with van der Waals surface area (Å²) in [4.78, 5) is 23.5. The van der Waals surface area contributed by atoms with Gasteiger partial charge in [0, 0.05) is 5.69 Å². The van der Waals surface area contributed by atoms with Crippen molar-refractivity contribution < 1.29 is 14.3 Å². The van der Waals surface area contributed by atoms with E-state index in [-0.39, 0.29) is 6.54 Å². The van der Waals surface area contributed by atoms with Crippen molar-refractivity contribution in [2.45, 2.75) is 3.79 Å². The number of carbonyl (C=O) groups excluding carboxylic acids is 2. The highest BCUT2D eigenvalue weighted by molar-refractivity contribution is 6.67. The van der Waals surface area contributed by atoms with Crippen molar-refractivity contribution in [3.63, 3.8) is 0 Å². The Hall–Kier alpha value is -0.970. The topological polar surface area (TPSA) is 46.6 Å². The van der Waals surface area contributed by atoms with Crippen molar-refractivity contribution in [1.82, 2.24) is 0 Å². The fourth-order valence-corrected chi connectivity index (χ4v) is 1.35. The largest absolute Gasteiger partial charge is 0.445 e. The van der Waals surface area contributed by atoms with Crippen LogP contribution in [0.15, 0.2) is 30.3 Å². The first-order valence-corrected chi connectivity index (χ1v) is 6.07. The van der Waals surface area contributed by atoms with Crippen molar-refractivity contribution in [3.8, 4) is 0 Å². The van der Waals surface area contributed by atoms with Crippen LogP contribution in [0.3, 0.4) is 0 Å². The van der Waals surface area contributed by atoms with Crippen molar-refractivity contribution >= 4 is 52.9 Å². The molecule has 1 aromatic carbocycles. The number of benzene rings is 1. The van der Waals surface area contributed by atoms with Gasteiger partial charge in [0.15, 0.2) is 0 Å². The lowest BCUT2D eigenvalue weighted by Gasteiger charge is -2.21. The van der Waals surface area contributed by atoms with Crippen LogP contribution in [0.1, 0.15) is 0 Å². The Balaban J connectivity index is 2.73. The zero-order valence-corrected chi connectivity index (χ0v) is 11.5. The number of para-hydroxylation sites is 1. The predicted molar refractivity (Wildman–Crippen MR) is 71.5 cm³/mol. The molecule has 0 aliphatic rings. The van der Waals surface area contributed by atoms with Gasteiger partial charge >= 0.3 is 6.09 Å². The molecule has 0 radical (unpaired) electrons. The van der Waals surface area contributed by atoms with E-state index in [1.807, 2.05) is 0 Å². The van der Waals surface area contributed by atoms with Gasteiger partial charge in [-0.25, -0.2) is 4.79 Å². The Morgan fingerprint density at radius 3 is 2.39 bits per heavy atom. The number of carbonyl (C=O) groups is 2. The average molecular weight is 311 g/mol. The maximum Gasteiger partial charge on any atom is 0.414 e. The summed E-state index contributed by atoms with van der Waals surface area (Å²) in [6.45, 7) is -0.526. The van der Waals surface area contributed by atoms with Crippen LogP contribution in [0.5, 0.6) is 0 Å². The second-order valence-electron chi connectivity index (χ2n) is 3.28. The van der Waals surface area contributed by atoms with Gasteiger partial charge in [0.05, 0.1) is 6.54 Å². The van der Waals surface area contributed by atoms with E-state index in [1.165, 1.54) is 0 Å². The summed E-state index contributed by atoms with van der Waals surface area (Å²) in [5.41, 5.74) is 0.527. The van der Waals surface area contributed by atoms with Crippen molar-refractivity contribution in [2.75, 3.05) is 18.1 Å². The van der Waals surface area contributed by atoms with E-state index >= 15 is 0 Å². The van der Waals surface area contributed by atoms with Crippen LogP contribution in [0.2, 0.25) is 0 Å². The van der Waals surface area contributed by atoms with Gasteiger partial charge in [-0.3, -0.25) is 4.90 Å². The quantitative estimate of drug-likeness (QED) is 0.634. The zero-order valence-electron chi connectivity index (χ0n) is 9.18. The molecule has 0 unspecified atom stereocenters. The van der Waals surface area contributed by atoms with E-state index in [0.717, 1.165) is 4.90 Å². The van der Waals surface area contributed by atoms with Gasteiger partial charge in [0.1, 0.15) is 12.9 Å². The van der Waals surface area contributed by atoms with Crippen LogP contribution in [0, 0.1) is 0 Å². The van der Waals surface area contributed by atoms with Gasteiger partial charge in [-0.2, -0.15) is 0 Å². The molecule has 1 aromatic rings. The van der Waals surface area contributed by atoms with Crippen LogP contribution in [0.25, 0.3) is 0 Å². The minimum absolute atomic E-state index is 0.136. The van der Waals surface area contributed by atoms with E-state index in [0.29, 0.717) is 12.0 Å². The van der Waals surface area contributed by atoms with Crippen LogP contribution in [-0.4, -0.2) is 29.3 Å². The van der Waals surface area contributed by atoms with E-state index < -0.39 is 16.5 Å². The maximum atomic E-state index is 11.7. The molecule has 0 aliphatic carbocycles. The molecule has 0 aliphatic heterocycles. The van der Waals surface area contributed by atoms with Crippen molar-refractivity contribution in [2.24, 2.45) is 0 Å². The third kappa shape index (κ3) is 5.12. The number of alkyl halides is 3. The van der Waals surface area contributed by atoms with Crippen molar-refractivity contribution in [1.29, 1.82) is 0 Å². The minimum atomic E-state index is -1.68. The molecule has 0 bridgehead atoms. The molecule has 0 fully saturated rings. The summed E-state index contributed by atoms with van der Waals surface area (Å²) in [7, 11) is 0. The Labute approximate surface area is 119 Å². The Morgan fingerprint density at radius 1 is 1.28 bits per heavy atom. The summed E-state index contributed by atoms with van der Waals surface area (Å²) in [5, 5.41) is 0. The third-order valence-corrected chi connectivity index (χ3v) is 2.23. The molecule has 0 aromatic heterocycles. The first-order valence-electron chi connectivity index (χ1n) is 4.94. The molecule has 0 saturated heterocycles. The third-order valence-electron chi connectivity index (χ3n) is 1.90. The van der Waals surface area contributed by atoms with Crippen molar-refractivity contribution in [3.05, 3.63) is 30.3 Å². The highest BCUT2D eigenvalue weighted by atomic mass is 35.6. The summed E-state index contributed by atoms with van der Waals surface area (Å²) in [6, 6.07) is 8.58. The fourth-order valence-electron chi connectivity index (χ4n) is 1.19. The summed E-state index contributed by atoms with van der Waals surface area (Å²) in [5.74, 6) is 0. The number of hydrogen-bond donors (Lipinski definition) is 0. The minimum Gasteiger partial charge on any atom is -0.445 e. The standard InChI is InChI=1S/C11H10Cl3NO3/c12-11(13,14)8-18-10(17)15(6-7-16)9-4-2-1-3-5-9/h1-5,7H,6,8H2. The average Bonchev–Trinajstić information content (AvgIpc) is 2.33. The van der Waals surface area contributed by atoms with E-state index in [1.54, 1.807) is 30.3 Å². The molecule has 0 spiro atoms. The Morgan fingerprint density at radius 2 is 1.89 bits per heavy atom. The number of halogens is 3. The van der Waals surface area contributed by atoms with Crippen LogP contribution in [0.4, 0.5) is 10.5 Å². The van der Waals surface area contributed by atoms with Gasteiger partial charge in [0.25, 0.3) is 0 Å². The number of amides is 1. The molecule has 0 saturated carbocycles. The molecule has 0 atom stereocenters. The number of anilines is 1. The van der Waals surface area contributed by atoms with Gasteiger partial charge < -0.3 is 9.53 Å². The lowest BCUT2D eigenvalue weighted by atomic mass is 10.3. The normalized spacial score (nSPS) is 10.8. The smallest absolute Gasteiger partial charge is 0.414 e. The zero-order chi connectivity index (χ0) is 13.6. The number of rotatable bonds is 4. The SMILES string of the molecule is O=CCN(C(=O)OCC(Cl)(Cl)Cl)c1ccccc1. The first kappa shape index (κ1) is 15.1. The fraction of sp³-hybridized carbons (Fsp3) is 0.273. The van der Waals surface area contributed by atoms with Gasteiger partial charge in [-0.15, -0.1) is 0 Å². The number of hydrogen-bond acceptors (Lipinski definition) is 3. The second-order valence-corrected chi connectivity index (χ2v) is 5.80. The number of aldehydes is 1. The number of ether oxygens (including phenoxy) is 1. The van der Waals surface area contributed by atoms with Crippen LogP contribution >= 0.6 is 34.8 Å². The van der Waals surface area contributed by atoms with Gasteiger partial charge in [-0.1, -0.05) is 53.0 Å². The highest BCUT2D eigenvalue weighted by Crippen LogP contribution is 2.26.